The molecule has 3 amide bonds. The Labute approximate surface area is 221 Å². The van der Waals surface area contributed by atoms with Crippen molar-refractivity contribution in [2.75, 3.05) is 0 Å². The first-order chi connectivity index (χ1) is 18.0. The number of aryl methyl sites for hydroxylation is 2. The van der Waals surface area contributed by atoms with Crippen molar-refractivity contribution in [2.45, 2.75) is 54.7 Å². The summed E-state index contributed by atoms with van der Waals surface area (Å²) in [7, 11) is -9.25. The van der Waals surface area contributed by atoms with E-state index in [2.05, 4.69) is 0 Å². The zero-order valence-electron chi connectivity index (χ0n) is 20.8. The number of amides is 3. The van der Waals surface area contributed by atoms with Crippen LogP contribution in [-0.4, -0.2) is 49.0 Å². The molecule has 1 spiro atoms. The van der Waals surface area contributed by atoms with E-state index in [9.17, 15) is 26.4 Å². The Hall–Kier alpha value is -3.54. The SMILES string of the molecule is Cc1ccc(S(=O)(=O)N2C(=O)N(S(=O)(=O)c3ccc(C)cc3)[C@]3(C[C@@H](OCc4ccccc4)C3)C2=O)cc1. The van der Waals surface area contributed by atoms with Gasteiger partial charge in [0.2, 0.25) is 0 Å². The molecular formula is C27H26N2O7S2. The molecule has 3 aromatic carbocycles. The van der Waals surface area contributed by atoms with Gasteiger partial charge in [-0.05, 0) is 43.7 Å². The van der Waals surface area contributed by atoms with Crippen LogP contribution in [0, 0.1) is 13.8 Å². The van der Waals surface area contributed by atoms with E-state index < -0.39 is 43.6 Å². The highest BCUT2D eigenvalue weighted by atomic mass is 32.2. The summed E-state index contributed by atoms with van der Waals surface area (Å²) in [5.74, 6) is -1.10. The molecule has 1 saturated carbocycles. The summed E-state index contributed by atoms with van der Waals surface area (Å²) in [6.45, 7) is 3.76. The summed E-state index contributed by atoms with van der Waals surface area (Å²) in [5.41, 5.74) is 0.555. The summed E-state index contributed by atoms with van der Waals surface area (Å²) in [6, 6.07) is 19.3. The fourth-order valence-electron chi connectivity index (χ4n) is 4.74. The van der Waals surface area contributed by atoms with E-state index in [1.165, 1.54) is 36.4 Å². The van der Waals surface area contributed by atoms with Crippen LogP contribution in [0.2, 0.25) is 0 Å². The molecule has 3 aromatic rings. The normalized spacial score (nSPS) is 21.7. The van der Waals surface area contributed by atoms with E-state index in [0.717, 1.165) is 16.7 Å². The molecular weight excluding hydrogens is 528 g/mol. The highest BCUT2D eigenvalue weighted by Crippen LogP contribution is 2.49. The van der Waals surface area contributed by atoms with Gasteiger partial charge in [0.15, 0.2) is 0 Å². The molecule has 5 rings (SSSR count). The number of carbonyl (C=O) groups is 2. The molecule has 0 bridgehead atoms. The number of hydrogen-bond acceptors (Lipinski definition) is 7. The smallest absolute Gasteiger partial charge is 0.356 e. The van der Waals surface area contributed by atoms with Gasteiger partial charge in [0.1, 0.15) is 5.54 Å². The summed E-state index contributed by atoms with van der Waals surface area (Å²) < 4.78 is 60.8. The fourth-order valence-corrected chi connectivity index (χ4v) is 7.83. The van der Waals surface area contributed by atoms with Gasteiger partial charge in [0, 0.05) is 12.8 Å². The van der Waals surface area contributed by atoms with Crippen molar-refractivity contribution >= 4 is 32.0 Å². The molecule has 38 heavy (non-hydrogen) atoms. The van der Waals surface area contributed by atoms with Crippen molar-refractivity contribution in [3.8, 4) is 0 Å². The van der Waals surface area contributed by atoms with Gasteiger partial charge in [-0.3, -0.25) is 4.79 Å². The first-order valence-electron chi connectivity index (χ1n) is 11.9. The van der Waals surface area contributed by atoms with E-state index in [1.54, 1.807) is 26.0 Å². The third kappa shape index (κ3) is 4.20. The molecule has 9 nitrogen and oxygen atoms in total. The van der Waals surface area contributed by atoms with Crippen LogP contribution in [0.3, 0.4) is 0 Å². The van der Waals surface area contributed by atoms with Crippen LogP contribution in [0.25, 0.3) is 0 Å². The largest absolute Gasteiger partial charge is 0.373 e. The fraction of sp³-hybridized carbons (Fsp3) is 0.259. The summed E-state index contributed by atoms with van der Waals surface area (Å²) in [4.78, 5) is 26.8. The number of hydrogen-bond donors (Lipinski definition) is 0. The van der Waals surface area contributed by atoms with Gasteiger partial charge < -0.3 is 4.74 Å². The molecule has 0 radical (unpaired) electrons. The average molecular weight is 555 g/mol. The van der Waals surface area contributed by atoms with Gasteiger partial charge in [0.05, 0.1) is 22.5 Å². The zero-order valence-corrected chi connectivity index (χ0v) is 22.4. The standard InChI is InChI=1S/C27H26N2O7S2/c1-19-8-12-23(13-9-19)37(32,33)28-25(30)27(16-22(17-27)36-18-21-6-4-3-5-7-21)29(26(28)31)38(34,35)24-14-10-20(2)11-15-24/h3-15,22H,16-18H2,1-2H3/t22-,27+. The molecule has 0 atom stereocenters. The van der Waals surface area contributed by atoms with Gasteiger partial charge in [-0.1, -0.05) is 65.7 Å². The van der Waals surface area contributed by atoms with E-state index in [4.69, 9.17) is 4.74 Å². The average Bonchev–Trinajstić information content (AvgIpc) is 3.10. The second kappa shape index (κ2) is 9.33. The number of benzene rings is 3. The van der Waals surface area contributed by atoms with Gasteiger partial charge in [0.25, 0.3) is 26.0 Å². The van der Waals surface area contributed by atoms with Crippen LogP contribution in [0.15, 0.2) is 88.7 Å². The Balaban J connectivity index is 1.52. The Morgan fingerprint density at radius 3 is 1.79 bits per heavy atom. The Kier molecular flexibility index (Phi) is 6.41. The molecule has 0 aromatic heterocycles. The summed E-state index contributed by atoms with van der Waals surface area (Å²) >= 11 is 0. The monoisotopic (exact) mass is 554 g/mol. The van der Waals surface area contributed by atoms with Crippen LogP contribution in [-0.2, 0) is 36.2 Å². The lowest BCUT2D eigenvalue weighted by Crippen LogP contribution is -2.62. The predicted octanol–water partition coefficient (Wildman–Crippen LogP) is 3.76. The van der Waals surface area contributed by atoms with Crippen molar-refractivity contribution in [3.05, 3.63) is 95.6 Å². The summed E-state index contributed by atoms with van der Waals surface area (Å²) in [6.07, 6.45) is -0.866. The molecule has 1 aliphatic carbocycles. The maximum Gasteiger partial charge on any atom is 0.356 e. The lowest BCUT2D eigenvalue weighted by Gasteiger charge is -2.46. The third-order valence-corrected chi connectivity index (χ3v) is 10.4. The van der Waals surface area contributed by atoms with Crippen LogP contribution >= 0.6 is 0 Å². The van der Waals surface area contributed by atoms with Crippen LogP contribution in [0.4, 0.5) is 4.79 Å². The molecule has 198 valence electrons. The number of nitrogens with zero attached hydrogens (tertiary/aromatic N) is 2. The Morgan fingerprint density at radius 2 is 1.26 bits per heavy atom. The molecule has 11 heteroatoms. The van der Waals surface area contributed by atoms with Crippen molar-refractivity contribution in [3.63, 3.8) is 0 Å². The number of urea groups is 1. The van der Waals surface area contributed by atoms with Crippen molar-refractivity contribution in [1.29, 1.82) is 0 Å². The molecule has 0 N–H and O–H groups in total. The lowest BCUT2D eigenvalue weighted by molar-refractivity contribution is -0.143. The molecule has 2 fully saturated rings. The van der Waals surface area contributed by atoms with Crippen LogP contribution in [0.5, 0.6) is 0 Å². The van der Waals surface area contributed by atoms with Crippen molar-refractivity contribution in [1.82, 2.24) is 8.61 Å². The molecule has 1 heterocycles. The topological polar surface area (TPSA) is 118 Å². The maximum atomic E-state index is 13.7. The predicted molar refractivity (Wildman–Crippen MR) is 138 cm³/mol. The first-order valence-corrected chi connectivity index (χ1v) is 14.8. The Bertz CT molecular complexity index is 1600. The number of rotatable bonds is 7. The van der Waals surface area contributed by atoms with Crippen LogP contribution in [0.1, 0.15) is 29.5 Å². The number of imide groups is 1. The van der Waals surface area contributed by atoms with E-state index in [-0.39, 0.29) is 33.5 Å². The molecule has 1 aliphatic heterocycles. The van der Waals surface area contributed by atoms with Gasteiger partial charge >= 0.3 is 6.03 Å². The summed E-state index contributed by atoms with van der Waals surface area (Å²) in [5, 5.41) is 0. The highest BCUT2D eigenvalue weighted by Gasteiger charge is 2.70. The quantitative estimate of drug-likeness (QED) is 0.408. The van der Waals surface area contributed by atoms with E-state index in [0.29, 0.717) is 4.31 Å². The first kappa shape index (κ1) is 26.1. The van der Waals surface area contributed by atoms with Crippen molar-refractivity contribution < 1.29 is 31.2 Å². The van der Waals surface area contributed by atoms with Crippen LogP contribution < -0.4 is 0 Å². The molecule has 2 aliphatic rings. The van der Waals surface area contributed by atoms with E-state index >= 15 is 0 Å². The minimum absolute atomic E-state index is 0.0941. The lowest BCUT2D eigenvalue weighted by atomic mass is 9.74. The zero-order chi connectivity index (χ0) is 27.3. The van der Waals surface area contributed by atoms with Gasteiger partial charge in [-0.25, -0.2) is 21.6 Å². The number of carbonyl (C=O) groups excluding carboxylic acids is 2. The number of ether oxygens (including phenoxy) is 1. The number of sulfonamides is 2. The van der Waals surface area contributed by atoms with Gasteiger partial charge in [-0.15, -0.1) is 4.31 Å². The second-order valence-corrected chi connectivity index (χ2v) is 13.2. The second-order valence-electron chi connectivity index (χ2n) is 9.61. The molecule has 1 saturated heterocycles. The minimum Gasteiger partial charge on any atom is -0.373 e. The van der Waals surface area contributed by atoms with Gasteiger partial charge in [-0.2, -0.15) is 4.31 Å². The van der Waals surface area contributed by atoms with Crippen molar-refractivity contribution in [2.24, 2.45) is 0 Å². The highest BCUT2D eigenvalue weighted by molar-refractivity contribution is 7.91. The van der Waals surface area contributed by atoms with E-state index in [1.807, 2.05) is 30.3 Å². The third-order valence-electron chi connectivity index (χ3n) is 6.90. The minimum atomic E-state index is -4.67. The maximum absolute atomic E-state index is 13.7. The molecule has 0 unspecified atom stereocenters. The Morgan fingerprint density at radius 1 is 0.763 bits per heavy atom.